The average molecular weight is 332 g/mol. The van der Waals surface area contributed by atoms with Crippen LogP contribution in [0.3, 0.4) is 0 Å². The van der Waals surface area contributed by atoms with Crippen molar-refractivity contribution in [1.82, 2.24) is 14.8 Å². The Hall–Kier alpha value is -2.10. The molecule has 10 heteroatoms. The van der Waals surface area contributed by atoms with Crippen LogP contribution in [-0.4, -0.2) is 25.4 Å². The van der Waals surface area contributed by atoms with Crippen LogP contribution < -0.4 is 0 Å². The van der Waals surface area contributed by atoms with Gasteiger partial charge in [-0.1, -0.05) is 30.8 Å². The highest BCUT2D eigenvalue weighted by Gasteiger charge is 2.38. The SMILES string of the molecule is CCSc1nnc(C(F)(F)F)n1Cc1ccc([N+](=O)[O-])cc1. The Morgan fingerprint density at radius 2 is 1.91 bits per heavy atom. The number of nitro groups is 1. The van der Waals surface area contributed by atoms with Gasteiger partial charge in [0.05, 0.1) is 11.5 Å². The van der Waals surface area contributed by atoms with Crippen molar-refractivity contribution in [2.45, 2.75) is 24.8 Å². The Labute approximate surface area is 127 Å². The van der Waals surface area contributed by atoms with Gasteiger partial charge in [0.2, 0.25) is 5.82 Å². The van der Waals surface area contributed by atoms with Gasteiger partial charge in [-0.25, -0.2) is 0 Å². The molecule has 6 nitrogen and oxygen atoms in total. The van der Waals surface area contributed by atoms with Gasteiger partial charge in [-0.15, -0.1) is 10.2 Å². The van der Waals surface area contributed by atoms with Gasteiger partial charge in [-0.05, 0) is 11.3 Å². The molecule has 0 bridgehead atoms. The lowest BCUT2D eigenvalue weighted by Crippen LogP contribution is -2.16. The summed E-state index contributed by atoms with van der Waals surface area (Å²) in [5.74, 6) is -0.530. The van der Waals surface area contributed by atoms with Crippen molar-refractivity contribution < 1.29 is 18.1 Å². The van der Waals surface area contributed by atoms with Crippen molar-refractivity contribution >= 4 is 17.4 Å². The fraction of sp³-hybridized carbons (Fsp3) is 0.333. The van der Waals surface area contributed by atoms with Gasteiger partial charge in [0.25, 0.3) is 5.69 Å². The van der Waals surface area contributed by atoms with Gasteiger partial charge in [0.1, 0.15) is 0 Å². The van der Waals surface area contributed by atoms with Crippen LogP contribution in [0.4, 0.5) is 18.9 Å². The third-order valence-electron chi connectivity index (χ3n) is 2.73. The molecular formula is C12H11F3N4O2S. The number of hydrogen-bond acceptors (Lipinski definition) is 5. The van der Waals surface area contributed by atoms with Gasteiger partial charge in [0.15, 0.2) is 5.16 Å². The molecule has 118 valence electrons. The summed E-state index contributed by atoms with van der Waals surface area (Å²) in [4.78, 5) is 10.0. The maximum atomic E-state index is 13.0. The smallest absolute Gasteiger partial charge is 0.294 e. The monoisotopic (exact) mass is 332 g/mol. The summed E-state index contributed by atoms with van der Waals surface area (Å²) in [5, 5.41) is 17.5. The zero-order chi connectivity index (χ0) is 16.3. The van der Waals surface area contributed by atoms with Crippen molar-refractivity contribution in [3.63, 3.8) is 0 Å². The standard InChI is InChI=1S/C12H11F3N4O2S/c1-2-22-11-17-16-10(12(13,14)15)18(11)7-8-3-5-9(6-4-8)19(20)21/h3-6H,2,7H2,1H3. The summed E-state index contributed by atoms with van der Waals surface area (Å²) in [6.07, 6.45) is -4.61. The highest BCUT2D eigenvalue weighted by molar-refractivity contribution is 7.99. The van der Waals surface area contributed by atoms with Crippen LogP contribution in [0.15, 0.2) is 29.4 Å². The summed E-state index contributed by atoms with van der Waals surface area (Å²) in [6.45, 7) is 1.69. The maximum Gasteiger partial charge on any atom is 0.451 e. The molecule has 0 saturated heterocycles. The second-order valence-electron chi connectivity index (χ2n) is 4.25. The molecule has 0 aliphatic heterocycles. The Morgan fingerprint density at radius 1 is 1.27 bits per heavy atom. The van der Waals surface area contributed by atoms with Crippen LogP contribution in [0.2, 0.25) is 0 Å². The molecular weight excluding hydrogens is 321 g/mol. The van der Waals surface area contributed by atoms with Crippen molar-refractivity contribution in [3.8, 4) is 0 Å². The third-order valence-corrected chi connectivity index (χ3v) is 3.58. The number of benzene rings is 1. The number of alkyl halides is 3. The lowest BCUT2D eigenvalue weighted by atomic mass is 10.2. The highest BCUT2D eigenvalue weighted by Crippen LogP contribution is 2.31. The van der Waals surface area contributed by atoms with Crippen LogP contribution in [0, 0.1) is 10.1 Å². The molecule has 0 fully saturated rings. The number of halogens is 3. The second kappa shape index (κ2) is 6.34. The molecule has 1 aromatic carbocycles. The summed E-state index contributed by atoms with van der Waals surface area (Å²) in [6, 6.07) is 5.33. The first kappa shape index (κ1) is 16.3. The van der Waals surface area contributed by atoms with E-state index in [4.69, 9.17) is 0 Å². The summed E-state index contributed by atoms with van der Waals surface area (Å²) in [7, 11) is 0. The van der Waals surface area contributed by atoms with E-state index in [1.54, 1.807) is 6.92 Å². The van der Waals surface area contributed by atoms with Crippen molar-refractivity contribution in [2.75, 3.05) is 5.75 Å². The number of nitrogens with zero attached hydrogens (tertiary/aromatic N) is 4. The molecule has 0 saturated carbocycles. The largest absolute Gasteiger partial charge is 0.451 e. The molecule has 0 N–H and O–H groups in total. The third kappa shape index (κ3) is 3.56. The van der Waals surface area contributed by atoms with Crippen LogP contribution >= 0.6 is 11.8 Å². The topological polar surface area (TPSA) is 73.8 Å². The van der Waals surface area contributed by atoms with E-state index in [9.17, 15) is 23.3 Å². The molecule has 0 atom stereocenters. The predicted molar refractivity (Wildman–Crippen MR) is 73.6 cm³/mol. The highest BCUT2D eigenvalue weighted by atomic mass is 32.2. The quantitative estimate of drug-likeness (QED) is 0.477. The minimum Gasteiger partial charge on any atom is -0.294 e. The Kier molecular flexibility index (Phi) is 4.69. The average Bonchev–Trinajstić information content (AvgIpc) is 2.83. The van der Waals surface area contributed by atoms with Gasteiger partial charge in [0, 0.05) is 12.1 Å². The van der Waals surface area contributed by atoms with Crippen LogP contribution in [0.25, 0.3) is 0 Å². The molecule has 0 radical (unpaired) electrons. The summed E-state index contributed by atoms with van der Waals surface area (Å²) >= 11 is 1.15. The van der Waals surface area contributed by atoms with E-state index >= 15 is 0 Å². The van der Waals surface area contributed by atoms with Gasteiger partial charge < -0.3 is 0 Å². The van der Waals surface area contributed by atoms with Crippen LogP contribution in [0.5, 0.6) is 0 Å². The van der Waals surface area contributed by atoms with E-state index in [0.717, 1.165) is 16.3 Å². The molecule has 0 amide bonds. The number of nitro benzene ring substituents is 1. The Balaban J connectivity index is 2.34. The van der Waals surface area contributed by atoms with Gasteiger partial charge in [-0.3, -0.25) is 14.7 Å². The number of hydrogen-bond donors (Lipinski definition) is 0. The van der Waals surface area contributed by atoms with Gasteiger partial charge >= 0.3 is 6.18 Å². The van der Waals surface area contributed by atoms with E-state index in [-0.39, 0.29) is 17.4 Å². The molecule has 1 aromatic heterocycles. The molecule has 0 aliphatic carbocycles. The lowest BCUT2D eigenvalue weighted by Gasteiger charge is -2.11. The molecule has 1 heterocycles. The van der Waals surface area contributed by atoms with E-state index in [2.05, 4.69) is 10.2 Å². The minimum absolute atomic E-state index is 0.109. The molecule has 2 aromatic rings. The Morgan fingerprint density at radius 3 is 2.41 bits per heavy atom. The number of thioether (sulfide) groups is 1. The first-order valence-electron chi connectivity index (χ1n) is 6.19. The lowest BCUT2D eigenvalue weighted by molar-refractivity contribution is -0.384. The maximum absolute atomic E-state index is 13.0. The van der Waals surface area contributed by atoms with Crippen molar-refractivity contribution in [2.24, 2.45) is 0 Å². The summed E-state index contributed by atoms with van der Waals surface area (Å²) in [5.41, 5.74) is 0.376. The van der Waals surface area contributed by atoms with E-state index < -0.39 is 16.9 Å². The van der Waals surface area contributed by atoms with Crippen LogP contribution in [0.1, 0.15) is 18.3 Å². The first-order chi connectivity index (χ1) is 10.3. The zero-order valence-corrected chi connectivity index (χ0v) is 12.2. The van der Waals surface area contributed by atoms with E-state index in [0.29, 0.717) is 11.3 Å². The fourth-order valence-electron chi connectivity index (χ4n) is 1.78. The van der Waals surface area contributed by atoms with Crippen LogP contribution in [-0.2, 0) is 12.7 Å². The Bertz CT molecular complexity index is 670. The summed E-state index contributed by atoms with van der Waals surface area (Å²) < 4.78 is 39.8. The van der Waals surface area contributed by atoms with Crippen molar-refractivity contribution in [1.29, 1.82) is 0 Å². The number of aromatic nitrogens is 3. The van der Waals surface area contributed by atoms with Crippen molar-refractivity contribution in [3.05, 3.63) is 45.8 Å². The normalized spacial score (nSPS) is 11.6. The minimum atomic E-state index is -4.61. The van der Waals surface area contributed by atoms with E-state index in [1.807, 2.05) is 0 Å². The van der Waals surface area contributed by atoms with E-state index in [1.165, 1.54) is 24.3 Å². The zero-order valence-electron chi connectivity index (χ0n) is 11.4. The molecule has 2 rings (SSSR count). The molecule has 0 aliphatic rings. The first-order valence-corrected chi connectivity index (χ1v) is 7.18. The predicted octanol–water partition coefficient (Wildman–Crippen LogP) is 3.37. The van der Waals surface area contributed by atoms with Gasteiger partial charge in [-0.2, -0.15) is 13.2 Å². The molecule has 0 unspecified atom stereocenters. The number of non-ortho nitro benzene ring substituents is 1. The second-order valence-corrected chi connectivity index (χ2v) is 5.48. The molecule has 0 spiro atoms. The molecule has 22 heavy (non-hydrogen) atoms. The number of rotatable bonds is 5. The fourth-order valence-corrected chi connectivity index (χ4v) is 2.45.